The number of benzene rings is 2. The predicted octanol–water partition coefficient (Wildman–Crippen LogP) is 5.42. The van der Waals surface area contributed by atoms with Crippen molar-refractivity contribution in [3.05, 3.63) is 61.4 Å². The van der Waals surface area contributed by atoms with Gasteiger partial charge in [0.15, 0.2) is 5.17 Å². The van der Waals surface area contributed by atoms with Gasteiger partial charge in [0, 0.05) is 0 Å². The van der Waals surface area contributed by atoms with E-state index < -0.39 is 0 Å². The number of amides is 1. The number of rotatable bonds is 4. The number of aryl methyl sites for hydroxylation is 1. The predicted molar refractivity (Wildman–Crippen MR) is 118 cm³/mol. The molecule has 0 aliphatic carbocycles. The van der Waals surface area contributed by atoms with Crippen molar-refractivity contribution in [3.63, 3.8) is 0 Å². The van der Waals surface area contributed by atoms with Crippen molar-refractivity contribution in [1.82, 2.24) is 5.32 Å². The van der Waals surface area contributed by atoms with Crippen LogP contribution in [0.5, 0.6) is 5.75 Å². The molecule has 0 spiro atoms. The molecule has 1 heterocycles. The molecule has 1 saturated heterocycles. The third kappa shape index (κ3) is 5.04. The molecular weight excluding hydrogens is 492 g/mol. The van der Waals surface area contributed by atoms with Crippen molar-refractivity contribution in [3.8, 4) is 18.1 Å². The minimum Gasteiger partial charge on any atom is -0.479 e. The van der Waals surface area contributed by atoms with Crippen LogP contribution in [0.3, 0.4) is 0 Å². The Hall–Kier alpha value is -2.01. The van der Waals surface area contributed by atoms with Gasteiger partial charge in [-0.1, -0.05) is 23.6 Å². The summed E-state index contributed by atoms with van der Waals surface area (Å²) in [6, 6.07) is 11.5. The van der Waals surface area contributed by atoms with Gasteiger partial charge in [0.25, 0.3) is 5.91 Å². The number of aliphatic imine (C=N–C) groups is 1. The van der Waals surface area contributed by atoms with Crippen molar-refractivity contribution < 1.29 is 9.53 Å². The number of hydrogen-bond donors (Lipinski definition) is 1. The number of carbonyl (C=O) groups excluding carboxylic acids is 1. The number of carbonyl (C=O) groups is 1. The number of thioether (sulfide) groups is 1. The monoisotopic (exact) mass is 504 g/mol. The van der Waals surface area contributed by atoms with Crippen LogP contribution in [0, 0.1) is 19.3 Å². The molecule has 1 fully saturated rings. The highest BCUT2D eigenvalue weighted by Crippen LogP contribution is 2.36. The third-order valence-electron chi connectivity index (χ3n) is 3.53. The van der Waals surface area contributed by atoms with E-state index >= 15 is 0 Å². The van der Waals surface area contributed by atoms with Crippen LogP contribution < -0.4 is 10.1 Å². The third-order valence-corrected chi connectivity index (χ3v) is 5.62. The summed E-state index contributed by atoms with van der Waals surface area (Å²) in [7, 11) is 0. The first-order valence-corrected chi connectivity index (χ1v) is 10.3. The summed E-state index contributed by atoms with van der Waals surface area (Å²) < 4.78 is 6.99. The maximum atomic E-state index is 12.3. The molecule has 7 heteroatoms. The van der Waals surface area contributed by atoms with Crippen molar-refractivity contribution >= 4 is 66.5 Å². The SMILES string of the molecule is C#CCOc1c(Br)cc(/C=C2\SC(=Nc3ccc(C)cc3)NC2=O)cc1Br. The van der Waals surface area contributed by atoms with E-state index in [1.165, 1.54) is 11.8 Å². The smallest absolute Gasteiger partial charge is 0.264 e. The lowest BCUT2D eigenvalue weighted by atomic mass is 10.2. The number of nitrogens with one attached hydrogen (secondary N) is 1. The summed E-state index contributed by atoms with van der Waals surface area (Å²) in [5, 5.41) is 3.35. The van der Waals surface area contributed by atoms with Crippen molar-refractivity contribution in [2.24, 2.45) is 4.99 Å². The van der Waals surface area contributed by atoms with Crippen molar-refractivity contribution in [2.45, 2.75) is 6.92 Å². The topological polar surface area (TPSA) is 50.7 Å². The Bertz CT molecular complexity index is 969. The van der Waals surface area contributed by atoms with Crippen molar-refractivity contribution in [2.75, 3.05) is 6.61 Å². The van der Waals surface area contributed by atoms with Gasteiger partial charge in [0.1, 0.15) is 12.4 Å². The highest BCUT2D eigenvalue weighted by atomic mass is 79.9. The second-order valence-corrected chi connectivity index (χ2v) is 8.36. The van der Waals surface area contributed by atoms with Gasteiger partial charge in [-0.25, -0.2) is 4.99 Å². The second-order valence-electron chi connectivity index (χ2n) is 5.62. The summed E-state index contributed by atoms with van der Waals surface area (Å²) in [5.74, 6) is 2.88. The summed E-state index contributed by atoms with van der Waals surface area (Å²) in [5.41, 5.74) is 2.80. The van der Waals surface area contributed by atoms with Crippen LogP contribution in [-0.2, 0) is 4.79 Å². The first kappa shape index (κ1) is 19.7. The van der Waals surface area contributed by atoms with Gasteiger partial charge in [-0.2, -0.15) is 0 Å². The highest BCUT2D eigenvalue weighted by Gasteiger charge is 2.24. The van der Waals surface area contributed by atoms with E-state index in [0.717, 1.165) is 25.8 Å². The largest absolute Gasteiger partial charge is 0.479 e. The maximum absolute atomic E-state index is 12.3. The first-order chi connectivity index (χ1) is 13.0. The summed E-state index contributed by atoms with van der Waals surface area (Å²) in [6.45, 7) is 2.19. The van der Waals surface area contributed by atoms with E-state index in [0.29, 0.717) is 15.8 Å². The highest BCUT2D eigenvalue weighted by molar-refractivity contribution is 9.11. The minimum absolute atomic E-state index is 0.175. The van der Waals surface area contributed by atoms with Gasteiger partial charge >= 0.3 is 0 Å². The Morgan fingerprint density at radius 3 is 2.56 bits per heavy atom. The van der Waals surface area contributed by atoms with E-state index in [2.05, 4.69) is 48.1 Å². The van der Waals surface area contributed by atoms with Crippen LogP contribution in [0.25, 0.3) is 6.08 Å². The van der Waals surface area contributed by atoms with Crippen LogP contribution in [0.15, 0.2) is 55.2 Å². The van der Waals surface area contributed by atoms with E-state index in [-0.39, 0.29) is 12.5 Å². The second kappa shape index (κ2) is 8.79. The fraction of sp³-hybridized carbons (Fsp3) is 0.100. The Morgan fingerprint density at radius 1 is 1.26 bits per heavy atom. The first-order valence-electron chi connectivity index (χ1n) is 7.88. The fourth-order valence-corrected chi connectivity index (χ4v) is 4.58. The quantitative estimate of drug-likeness (QED) is 0.445. The molecule has 4 nitrogen and oxygen atoms in total. The van der Waals surface area contributed by atoms with E-state index in [1.807, 2.05) is 43.3 Å². The zero-order valence-electron chi connectivity index (χ0n) is 14.3. The van der Waals surface area contributed by atoms with Crippen LogP contribution in [0.4, 0.5) is 5.69 Å². The van der Waals surface area contributed by atoms with E-state index in [9.17, 15) is 4.79 Å². The number of halogens is 2. The van der Waals surface area contributed by atoms with E-state index in [1.54, 1.807) is 6.08 Å². The number of hydrogen-bond acceptors (Lipinski definition) is 4. The minimum atomic E-state index is -0.175. The molecule has 0 bridgehead atoms. The Kier molecular flexibility index (Phi) is 6.42. The molecule has 0 aromatic heterocycles. The molecule has 0 saturated carbocycles. The van der Waals surface area contributed by atoms with E-state index in [4.69, 9.17) is 11.2 Å². The van der Waals surface area contributed by atoms with Crippen LogP contribution in [-0.4, -0.2) is 17.7 Å². The van der Waals surface area contributed by atoms with Gasteiger partial charge in [0.05, 0.1) is 19.5 Å². The lowest BCUT2D eigenvalue weighted by Crippen LogP contribution is -2.19. The molecular formula is C20H14Br2N2O2S. The molecule has 3 rings (SSSR count). The lowest BCUT2D eigenvalue weighted by molar-refractivity contribution is -0.115. The number of nitrogens with zero attached hydrogens (tertiary/aromatic N) is 1. The standard InChI is InChI=1S/C20H14Br2N2O2S/c1-3-8-26-18-15(21)9-13(10-16(18)22)11-17-19(25)24-20(27-17)23-14-6-4-12(2)5-7-14/h1,4-7,9-11H,8H2,2H3,(H,23,24,25)/b17-11-. The number of ether oxygens (including phenoxy) is 1. The average Bonchev–Trinajstić information content (AvgIpc) is 2.95. The molecule has 0 atom stereocenters. The zero-order chi connectivity index (χ0) is 19.4. The van der Waals surface area contributed by atoms with Gasteiger partial charge in [0.2, 0.25) is 0 Å². The van der Waals surface area contributed by atoms with Gasteiger partial charge in [-0.3, -0.25) is 4.79 Å². The zero-order valence-corrected chi connectivity index (χ0v) is 18.2. The van der Waals surface area contributed by atoms with Gasteiger partial charge in [-0.15, -0.1) is 6.42 Å². The Labute approximate surface area is 178 Å². The molecule has 2 aromatic carbocycles. The Balaban J connectivity index is 1.82. The van der Waals surface area contributed by atoms with Gasteiger partial charge in [-0.05, 0) is 86.5 Å². The molecule has 0 unspecified atom stereocenters. The number of amidine groups is 1. The van der Waals surface area contributed by atoms with Crippen LogP contribution >= 0.6 is 43.6 Å². The molecule has 1 aliphatic heterocycles. The van der Waals surface area contributed by atoms with Crippen molar-refractivity contribution in [1.29, 1.82) is 0 Å². The normalized spacial score (nSPS) is 16.4. The molecule has 1 amide bonds. The molecule has 1 N–H and O–H groups in total. The molecule has 0 radical (unpaired) electrons. The summed E-state index contributed by atoms with van der Waals surface area (Å²) >= 11 is 8.25. The van der Waals surface area contributed by atoms with Crippen LogP contribution in [0.2, 0.25) is 0 Å². The Morgan fingerprint density at radius 2 is 1.93 bits per heavy atom. The average molecular weight is 506 g/mol. The molecule has 1 aliphatic rings. The van der Waals surface area contributed by atoms with Gasteiger partial charge < -0.3 is 10.1 Å². The molecule has 136 valence electrons. The molecule has 27 heavy (non-hydrogen) atoms. The summed E-state index contributed by atoms with van der Waals surface area (Å²) in [4.78, 5) is 17.3. The fourth-order valence-electron chi connectivity index (χ4n) is 2.28. The summed E-state index contributed by atoms with van der Waals surface area (Å²) in [6.07, 6.45) is 7.04. The molecule has 2 aromatic rings. The maximum Gasteiger partial charge on any atom is 0.264 e. The van der Waals surface area contributed by atoms with Crippen LogP contribution in [0.1, 0.15) is 11.1 Å². The lowest BCUT2D eigenvalue weighted by Gasteiger charge is -2.09. The number of terminal acetylenes is 1.